The molecule has 5 heteroatoms. The van der Waals surface area contributed by atoms with Crippen LogP contribution >= 0.6 is 15.9 Å². The Morgan fingerprint density at radius 2 is 2.00 bits per heavy atom. The van der Waals surface area contributed by atoms with Crippen LogP contribution in [0.1, 0.15) is 19.8 Å². The quantitative estimate of drug-likeness (QED) is 0.527. The molecule has 0 aromatic heterocycles. The molecule has 0 saturated heterocycles. The standard InChI is InChI=1S/C8H14BrF3O/c1-2-7(5-9)3-4-13-6-8(10,11)12/h7H,2-6H2,1H3. The Bertz CT molecular complexity index is 123. The Labute approximate surface area is 84.8 Å². The van der Waals surface area contributed by atoms with Gasteiger partial charge in [0.05, 0.1) is 0 Å². The second-order valence-corrected chi connectivity index (χ2v) is 3.53. The van der Waals surface area contributed by atoms with Crippen LogP contribution in [0.5, 0.6) is 0 Å². The summed E-state index contributed by atoms with van der Waals surface area (Å²) in [5.74, 6) is 0.410. The highest BCUT2D eigenvalue weighted by atomic mass is 79.9. The lowest BCUT2D eigenvalue weighted by Crippen LogP contribution is -2.18. The Balaban J connectivity index is 3.34. The fraction of sp³-hybridized carbons (Fsp3) is 1.00. The highest BCUT2D eigenvalue weighted by Gasteiger charge is 2.27. The molecule has 0 saturated carbocycles. The van der Waals surface area contributed by atoms with Crippen molar-refractivity contribution in [2.45, 2.75) is 25.9 Å². The summed E-state index contributed by atoms with van der Waals surface area (Å²) in [6, 6.07) is 0. The van der Waals surface area contributed by atoms with E-state index in [0.29, 0.717) is 12.3 Å². The number of halogens is 4. The van der Waals surface area contributed by atoms with Gasteiger partial charge in [0.2, 0.25) is 0 Å². The van der Waals surface area contributed by atoms with Crippen LogP contribution in [0.4, 0.5) is 13.2 Å². The van der Waals surface area contributed by atoms with Crippen LogP contribution in [-0.4, -0.2) is 24.7 Å². The summed E-state index contributed by atoms with van der Waals surface area (Å²) in [4.78, 5) is 0. The summed E-state index contributed by atoms with van der Waals surface area (Å²) >= 11 is 3.29. The predicted octanol–water partition coefficient (Wildman–Crippen LogP) is 3.38. The third kappa shape index (κ3) is 8.56. The van der Waals surface area contributed by atoms with E-state index in [2.05, 4.69) is 20.7 Å². The molecule has 0 aliphatic rings. The van der Waals surface area contributed by atoms with Crippen molar-refractivity contribution in [2.75, 3.05) is 18.5 Å². The zero-order valence-electron chi connectivity index (χ0n) is 7.53. The van der Waals surface area contributed by atoms with Crippen molar-refractivity contribution < 1.29 is 17.9 Å². The van der Waals surface area contributed by atoms with Gasteiger partial charge in [-0.2, -0.15) is 13.2 Å². The van der Waals surface area contributed by atoms with E-state index < -0.39 is 12.8 Å². The van der Waals surface area contributed by atoms with Crippen molar-refractivity contribution in [1.29, 1.82) is 0 Å². The van der Waals surface area contributed by atoms with Crippen LogP contribution in [0, 0.1) is 5.92 Å². The number of alkyl halides is 4. The first-order valence-corrected chi connectivity index (χ1v) is 5.32. The minimum absolute atomic E-state index is 0.184. The summed E-state index contributed by atoms with van der Waals surface area (Å²) in [6.45, 7) is 1.06. The molecule has 0 rings (SSSR count). The van der Waals surface area contributed by atoms with E-state index >= 15 is 0 Å². The molecule has 0 aliphatic carbocycles. The fourth-order valence-electron chi connectivity index (χ4n) is 0.828. The normalized spacial score (nSPS) is 14.5. The average molecular weight is 263 g/mol. The molecule has 1 atom stereocenters. The molecular weight excluding hydrogens is 249 g/mol. The number of ether oxygens (including phenoxy) is 1. The molecule has 0 bridgehead atoms. The van der Waals surface area contributed by atoms with Gasteiger partial charge in [-0.3, -0.25) is 0 Å². The predicted molar refractivity (Wildman–Crippen MR) is 49.1 cm³/mol. The SMILES string of the molecule is CCC(CBr)CCOCC(F)(F)F. The molecular formula is C8H14BrF3O. The monoisotopic (exact) mass is 262 g/mol. The summed E-state index contributed by atoms with van der Waals surface area (Å²) in [6.07, 6.45) is -2.56. The van der Waals surface area contributed by atoms with E-state index in [0.717, 1.165) is 11.8 Å². The Morgan fingerprint density at radius 1 is 1.38 bits per heavy atom. The van der Waals surface area contributed by atoms with Gasteiger partial charge in [0.15, 0.2) is 0 Å². The second-order valence-electron chi connectivity index (χ2n) is 2.89. The van der Waals surface area contributed by atoms with Gasteiger partial charge in [0.25, 0.3) is 0 Å². The van der Waals surface area contributed by atoms with Gasteiger partial charge in [-0.25, -0.2) is 0 Å². The topological polar surface area (TPSA) is 9.23 Å². The lowest BCUT2D eigenvalue weighted by Gasteiger charge is -2.12. The fourth-order valence-corrected chi connectivity index (χ4v) is 1.61. The molecule has 0 amide bonds. The minimum Gasteiger partial charge on any atom is -0.372 e. The molecule has 0 radical (unpaired) electrons. The van der Waals surface area contributed by atoms with Gasteiger partial charge in [-0.05, 0) is 12.3 Å². The molecule has 0 heterocycles. The molecule has 0 aromatic rings. The molecule has 0 spiro atoms. The van der Waals surface area contributed by atoms with Gasteiger partial charge >= 0.3 is 6.18 Å². The van der Waals surface area contributed by atoms with Gasteiger partial charge in [-0.15, -0.1) is 0 Å². The molecule has 0 N–H and O–H groups in total. The molecule has 0 aromatic carbocycles. The van der Waals surface area contributed by atoms with E-state index in [9.17, 15) is 13.2 Å². The van der Waals surface area contributed by atoms with Crippen LogP contribution in [-0.2, 0) is 4.74 Å². The number of rotatable bonds is 6. The van der Waals surface area contributed by atoms with Crippen LogP contribution in [0.3, 0.4) is 0 Å². The van der Waals surface area contributed by atoms with Crippen molar-refractivity contribution in [3.05, 3.63) is 0 Å². The highest BCUT2D eigenvalue weighted by molar-refractivity contribution is 9.09. The smallest absolute Gasteiger partial charge is 0.372 e. The first-order chi connectivity index (χ1) is 5.99. The minimum atomic E-state index is -4.20. The maximum atomic E-state index is 11.6. The maximum absolute atomic E-state index is 11.6. The largest absolute Gasteiger partial charge is 0.411 e. The van der Waals surface area contributed by atoms with Crippen molar-refractivity contribution in [3.63, 3.8) is 0 Å². The van der Waals surface area contributed by atoms with E-state index in [1.165, 1.54) is 0 Å². The zero-order chi connectivity index (χ0) is 10.3. The third-order valence-corrected chi connectivity index (χ3v) is 2.65. The van der Waals surface area contributed by atoms with Crippen LogP contribution in [0.25, 0.3) is 0 Å². The summed E-state index contributed by atoms with van der Waals surface area (Å²) in [5.41, 5.74) is 0. The first kappa shape index (κ1) is 13.2. The molecule has 13 heavy (non-hydrogen) atoms. The van der Waals surface area contributed by atoms with E-state index in [1.54, 1.807) is 0 Å². The lowest BCUT2D eigenvalue weighted by molar-refractivity contribution is -0.174. The van der Waals surface area contributed by atoms with Crippen LogP contribution < -0.4 is 0 Å². The molecule has 1 nitrogen and oxygen atoms in total. The second kappa shape index (κ2) is 6.65. The molecule has 80 valence electrons. The van der Waals surface area contributed by atoms with E-state index in [4.69, 9.17) is 0 Å². The molecule has 0 aliphatic heterocycles. The van der Waals surface area contributed by atoms with Crippen molar-refractivity contribution in [2.24, 2.45) is 5.92 Å². The van der Waals surface area contributed by atoms with E-state index in [1.807, 2.05) is 6.92 Å². The van der Waals surface area contributed by atoms with Crippen LogP contribution in [0.2, 0.25) is 0 Å². The molecule has 1 unspecified atom stereocenters. The average Bonchev–Trinajstić information content (AvgIpc) is 2.03. The van der Waals surface area contributed by atoms with Crippen molar-refractivity contribution >= 4 is 15.9 Å². The molecule has 0 fully saturated rings. The number of hydrogen-bond acceptors (Lipinski definition) is 1. The lowest BCUT2D eigenvalue weighted by atomic mass is 10.1. The van der Waals surface area contributed by atoms with Gasteiger partial charge in [0, 0.05) is 11.9 Å². The van der Waals surface area contributed by atoms with Crippen LogP contribution in [0.15, 0.2) is 0 Å². The zero-order valence-corrected chi connectivity index (χ0v) is 9.12. The Morgan fingerprint density at radius 3 is 2.38 bits per heavy atom. The third-order valence-electron chi connectivity index (χ3n) is 1.73. The number of hydrogen-bond donors (Lipinski definition) is 0. The van der Waals surface area contributed by atoms with Gasteiger partial charge < -0.3 is 4.74 Å². The van der Waals surface area contributed by atoms with Gasteiger partial charge in [-0.1, -0.05) is 29.3 Å². The maximum Gasteiger partial charge on any atom is 0.411 e. The summed E-state index contributed by atoms with van der Waals surface area (Å²) in [5, 5.41) is 0.818. The Kier molecular flexibility index (Phi) is 6.77. The summed E-state index contributed by atoms with van der Waals surface area (Å²) in [7, 11) is 0. The van der Waals surface area contributed by atoms with Crippen molar-refractivity contribution in [3.8, 4) is 0 Å². The summed E-state index contributed by atoms with van der Waals surface area (Å²) < 4.78 is 39.3. The first-order valence-electron chi connectivity index (χ1n) is 4.20. The van der Waals surface area contributed by atoms with Crippen molar-refractivity contribution in [1.82, 2.24) is 0 Å². The Hall–Kier alpha value is 0.230. The van der Waals surface area contributed by atoms with Gasteiger partial charge in [0.1, 0.15) is 6.61 Å². The highest BCUT2D eigenvalue weighted by Crippen LogP contribution is 2.16. The van der Waals surface area contributed by atoms with E-state index in [-0.39, 0.29) is 6.61 Å².